The molecule has 0 atom stereocenters. The van der Waals surface area contributed by atoms with Gasteiger partial charge in [0.05, 0.1) is 12.2 Å². The zero-order valence-electron chi connectivity index (χ0n) is 14.7. The molecule has 0 fully saturated rings. The second kappa shape index (κ2) is 8.64. The maximum Gasteiger partial charge on any atom is 0.338 e. The van der Waals surface area contributed by atoms with Crippen molar-refractivity contribution in [1.82, 2.24) is 0 Å². The van der Waals surface area contributed by atoms with Crippen molar-refractivity contribution in [2.45, 2.75) is 26.4 Å². The molecule has 2 aromatic rings. The highest BCUT2D eigenvalue weighted by atomic mass is 32.1. The number of ether oxygens (including phenoxy) is 2. The predicted molar refractivity (Wildman–Crippen MR) is 103 cm³/mol. The predicted octanol–water partition coefficient (Wildman–Crippen LogP) is 4.35. The lowest BCUT2D eigenvalue weighted by Gasteiger charge is -2.24. The molecular formula is C21H22O3S. The highest BCUT2D eigenvalue weighted by molar-refractivity contribution is 7.80. The minimum Gasteiger partial charge on any atom is -0.487 e. The SMILES string of the molecule is CCOC(=O)c1ccc(C#Cc2cccc(OC(C)(C)CS)c2)cc1. The fourth-order valence-corrected chi connectivity index (χ4v) is 2.10. The molecule has 0 saturated carbocycles. The molecule has 0 aromatic heterocycles. The fourth-order valence-electron chi connectivity index (χ4n) is 2.04. The first-order valence-corrected chi connectivity index (χ1v) is 8.76. The number of esters is 1. The summed E-state index contributed by atoms with van der Waals surface area (Å²) in [4.78, 5) is 11.6. The smallest absolute Gasteiger partial charge is 0.338 e. The Morgan fingerprint density at radius 2 is 1.76 bits per heavy atom. The molecule has 25 heavy (non-hydrogen) atoms. The molecule has 0 radical (unpaired) electrons. The van der Waals surface area contributed by atoms with Crippen LogP contribution in [0.3, 0.4) is 0 Å². The van der Waals surface area contributed by atoms with Crippen LogP contribution in [0.1, 0.15) is 42.3 Å². The van der Waals surface area contributed by atoms with Crippen LogP contribution in [-0.2, 0) is 4.74 Å². The van der Waals surface area contributed by atoms with Gasteiger partial charge in [0.2, 0.25) is 0 Å². The minimum absolute atomic E-state index is 0.321. The second-order valence-corrected chi connectivity index (χ2v) is 6.41. The Labute approximate surface area is 154 Å². The van der Waals surface area contributed by atoms with E-state index in [0.29, 0.717) is 17.9 Å². The third kappa shape index (κ3) is 5.88. The standard InChI is InChI=1S/C21H22O3S/c1-4-23-20(22)18-12-10-16(11-13-18)8-9-17-6-5-7-19(14-17)24-21(2,3)15-25/h5-7,10-14,25H,4,15H2,1-3H3. The number of rotatable bonds is 5. The summed E-state index contributed by atoms with van der Waals surface area (Å²) in [7, 11) is 0. The number of carbonyl (C=O) groups is 1. The largest absolute Gasteiger partial charge is 0.487 e. The summed E-state index contributed by atoms with van der Waals surface area (Å²) in [6.45, 7) is 6.13. The zero-order valence-corrected chi connectivity index (χ0v) is 15.6. The van der Waals surface area contributed by atoms with Gasteiger partial charge < -0.3 is 9.47 Å². The van der Waals surface area contributed by atoms with Crippen molar-refractivity contribution in [2.75, 3.05) is 12.4 Å². The molecular weight excluding hydrogens is 332 g/mol. The van der Waals surface area contributed by atoms with Gasteiger partial charge in [0.15, 0.2) is 0 Å². The van der Waals surface area contributed by atoms with Crippen molar-refractivity contribution in [3.05, 3.63) is 65.2 Å². The van der Waals surface area contributed by atoms with Gasteiger partial charge in [-0.05, 0) is 63.2 Å². The molecule has 2 aromatic carbocycles. The van der Waals surface area contributed by atoms with E-state index in [1.807, 2.05) is 50.2 Å². The van der Waals surface area contributed by atoms with Crippen molar-refractivity contribution >= 4 is 18.6 Å². The minimum atomic E-state index is -0.335. The molecule has 4 heteroatoms. The van der Waals surface area contributed by atoms with Crippen molar-refractivity contribution in [3.8, 4) is 17.6 Å². The van der Waals surface area contributed by atoms with E-state index in [0.717, 1.165) is 16.9 Å². The molecule has 0 aliphatic rings. The van der Waals surface area contributed by atoms with E-state index in [-0.39, 0.29) is 11.6 Å². The van der Waals surface area contributed by atoms with Crippen LogP contribution < -0.4 is 4.74 Å². The molecule has 2 rings (SSSR count). The van der Waals surface area contributed by atoms with Gasteiger partial charge in [-0.3, -0.25) is 0 Å². The van der Waals surface area contributed by atoms with Crippen LogP contribution >= 0.6 is 12.6 Å². The van der Waals surface area contributed by atoms with Crippen LogP contribution in [0.15, 0.2) is 48.5 Å². The van der Waals surface area contributed by atoms with Crippen LogP contribution in [0.5, 0.6) is 5.75 Å². The lowest BCUT2D eigenvalue weighted by atomic mass is 10.1. The second-order valence-electron chi connectivity index (χ2n) is 6.10. The summed E-state index contributed by atoms with van der Waals surface area (Å²) in [5.74, 6) is 7.27. The molecule has 0 amide bonds. The molecule has 0 aliphatic heterocycles. The topological polar surface area (TPSA) is 35.5 Å². The maximum atomic E-state index is 11.6. The highest BCUT2D eigenvalue weighted by Crippen LogP contribution is 2.20. The van der Waals surface area contributed by atoms with Gasteiger partial charge in [-0.15, -0.1) is 0 Å². The van der Waals surface area contributed by atoms with E-state index in [2.05, 4.69) is 24.5 Å². The first-order chi connectivity index (χ1) is 11.9. The molecule has 0 bridgehead atoms. The van der Waals surface area contributed by atoms with Gasteiger partial charge in [-0.1, -0.05) is 17.9 Å². The summed E-state index contributed by atoms with van der Waals surface area (Å²) >= 11 is 4.30. The molecule has 130 valence electrons. The van der Waals surface area contributed by atoms with Crippen LogP contribution in [0.25, 0.3) is 0 Å². The average molecular weight is 354 g/mol. The number of thiol groups is 1. The molecule has 0 saturated heterocycles. The molecule has 0 heterocycles. The van der Waals surface area contributed by atoms with Gasteiger partial charge in [-0.25, -0.2) is 4.79 Å². The van der Waals surface area contributed by atoms with E-state index in [1.54, 1.807) is 19.1 Å². The lowest BCUT2D eigenvalue weighted by molar-refractivity contribution is 0.0526. The van der Waals surface area contributed by atoms with E-state index < -0.39 is 0 Å². The first kappa shape index (κ1) is 19.0. The number of benzene rings is 2. The van der Waals surface area contributed by atoms with Gasteiger partial charge >= 0.3 is 5.97 Å². The molecule has 0 N–H and O–H groups in total. The first-order valence-electron chi connectivity index (χ1n) is 8.12. The monoisotopic (exact) mass is 354 g/mol. The van der Waals surface area contributed by atoms with Crippen LogP contribution in [0, 0.1) is 11.8 Å². The molecule has 0 aliphatic carbocycles. The summed E-state index contributed by atoms with van der Waals surface area (Å²) in [6.07, 6.45) is 0. The third-order valence-electron chi connectivity index (χ3n) is 3.36. The van der Waals surface area contributed by atoms with Crippen molar-refractivity contribution in [3.63, 3.8) is 0 Å². The zero-order chi connectivity index (χ0) is 18.3. The van der Waals surface area contributed by atoms with Crippen molar-refractivity contribution < 1.29 is 14.3 Å². The molecule has 0 unspecified atom stereocenters. The highest BCUT2D eigenvalue weighted by Gasteiger charge is 2.17. The lowest BCUT2D eigenvalue weighted by Crippen LogP contribution is -2.30. The van der Waals surface area contributed by atoms with Crippen LogP contribution in [0.2, 0.25) is 0 Å². The average Bonchev–Trinajstić information content (AvgIpc) is 2.60. The Balaban J connectivity index is 2.12. The van der Waals surface area contributed by atoms with Gasteiger partial charge in [0, 0.05) is 16.9 Å². The van der Waals surface area contributed by atoms with Gasteiger partial charge in [0.25, 0.3) is 0 Å². The third-order valence-corrected chi connectivity index (χ3v) is 4.12. The van der Waals surface area contributed by atoms with E-state index in [1.165, 1.54) is 0 Å². The van der Waals surface area contributed by atoms with Crippen LogP contribution in [0.4, 0.5) is 0 Å². The fraction of sp³-hybridized carbons (Fsp3) is 0.286. The van der Waals surface area contributed by atoms with Crippen LogP contribution in [-0.4, -0.2) is 23.9 Å². The quantitative estimate of drug-likeness (QED) is 0.493. The maximum absolute atomic E-state index is 11.6. The van der Waals surface area contributed by atoms with E-state index in [9.17, 15) is 4.79 Å². The Bertz CT molecular complexity index is 783. The summed E-state index contributed by atoms with van der Waals surface area (Å²) in [6, 6.07) is 14.7. The van der Waals surface area contributed by atoms with Crippen molar-refractivity contribution in [2.24, 2.45) is 0 Å². The van der Waals surface area contributed by atoms with E-state index in [4.69, 9.17) is 9.47 Å². The summed E-state index contributed by atoms with van der Waals surface area (Å²) in [5.41, 5.74) is 1.88. The number of hydrogen-bond acceptors (Lipinski definition) is 4. The normalized spacial score (nSPS) is 10.6. The summed E-state index contributed by atoms with van der Waals surface area (Å²) in [5, 5.41) is 0. The van der Waals surface area contributed by atoms with Gasteiger partial charge in [0.1, 0.15) is 11.4 Å². The van der Waals surface area contributed by atoms with E-state index >= 15 is 0 Å². The number of hydrogen-bond donors (Lipinski definition) is 1. The van der Waals surface area contributed by atoms with Gasteiger partial charge in [-0.2, -0.15) is 12.6 Å². The Morgan fingerprint density at radius 3 is 2.40 bits per heavy atom. The Morgan fingerprint density at radius 1 is 1.08 bits per heavy atom. The van der Waals surface area contributed by atoms with Crippen molar-refractivity contribution in [1.29, 1.82) is 0 Å². The molecule has 3 nitrogen and oxygen atoms in total. The molecule has 0 spiro atoms. The summed E-state index contributed by atoms with van der Waals surface area (Å²) < 4.78 is 10.9. The number of carbonyl (C=O) groups excluding carboxylic acids is 1. The Hall–Kier alpha value is -2.38. The Kier molecular flexibility index (Phi) is 6.55.